The normalized spacial score (nSPS) is 22.7. The summed E-state index contributed by atoms with van der Waals surface area (Å²) in [7, 11) is 0. The molecular weight excluding hydrogens is 520 g/mol. The molecular formula is C27H26ClF2N3O5. The molecule has 2 aliphatic heterocycles. The van der Waals surface area contributed by atoms with E-state index < -0.39 is 12.6 Å². The maximum Gasteiger partial charge on any atom is 0.387 e. The fourth-order valence-electron chi connectivity index (χ4n) is 5.76. The zero-order valence-corrected chi connectivity index (χ0v) is 21.1. The van der Waals surface area contributed by atoms with Crippen LogP contribution in [0.4, 0.5) is 14.6 Å². The minimum absolute atomic E-state index is 0.0140. The van der Waals surface area contributed by atoms with E-state index in [2.05, 4.69) is 15.0 Å². The number of carbonyl (C=O) groups is 1. The van der Waals surface area contributed by atoms with Crippen LogP contribution < -0.4 is 9.64 Å². The van der Waals surface area contributed by atoms with Crippen LogP contribution in [0.25, 0.3) is 11.3 Å². The molecule has 2 aromatic heterocycles. The van der Waals surface area contributed by atoms with Crippen molar-refractivity contribution < 1.29 is 32.7 Å². The molecule has 1 unspecified atom stereocenters. The van der Waals surface area contributed by atoms with Gasteiger partial charge in [-0.2, -0.15) is 8.78 Å². The molecule has 2 bridgehead atoms. The van der Waals surface area contributed by atoms with Crippen LogP contribution in [0, 0.1) is 0 Å². The summed E-state index contributed by atoms with van der Waals surface area (Å²) in [5, 5.41) is 13.7. The number of para-hydroxylation sites is 1. The molecule has 3 aromatic rings. The number of ether oxygens (including phenoxy) is 2. The van der Waals surface area contributed by atoms with E-state index in [1.807, 2.05) is 0 Å². The van der Waals surface area contributed by atoms with Gasteiger partial charge in [0.25, 0.3) is 0 Å². The Balaban J connectivity index is 1.19. The number of halogens is 3. The summed E-state index contributed by atoms with van der Waals surface area (Å²) in [5.74, 6) is 0.640. The third-order valence-electron chi connectivity index (χ3n) is 7.61. The van der Waals surface area contributed by atoms with E-state index in [9.17, 15) is 18.7 Å². The number of benzene rings is 1. The maximum atomic E-state index is 13.0. The molecule has 8 nitrogen and oxygen atoms in total. The minimum Gasteiger partial charge on any atom is -0.478 e. The topological polar surface area (TPSA) is 97.9 Å². The van der Waals surface area contributed by atoms with Crippen LogP contribution in [0.15, 0.2) is 41.1 Å². The monoisotopic (exact) mass is 545 g/mol. The van der Waals surface area contributed by atoms with E-state index in [0.29, 0.717) is 17.1 Å². The van der Waals surface area contributed by atoms with Crippen LogP contribution in [0.2, 0.25) is 5.02 Å². The van der Waals surface area contributed by atoms with E-state index in [4.69, 9.17) is 25.6 Å². The number of alkyl halides is 2. The highest BCUT2D eigenvalue weighted by Crippen LogP contribution is 2.46. The summed E-state index contributed by atoms with van der Waals surface area (Å²) in [4.78, 5) is 17.9. The molecule has 1 saturated carbocycles. The number of nitrogens with zero attached hydrogens (tertiary/aromatic N) is 3. The highest BCUT2D eigenvalue weighted by Gasteiger charge is 2.42. The Morgan fingerprint density at radius 1 is 1.18 bits per heavy atom. The van der Waals surface area contributed by atoms with Crippen molar-refractivity contribution in [3.05, 3.63) is 58.4 Å². The molecule has 2 saturated heterocycles. The Bertz CT molecular complexity index is 1330. The number of pyridine rings is 1. The molecule has 3 fully saturated rings. The quantitative estimate of drug-likeness (QED) is 0.335. The first-order chi connectivity index (χ1) is 18.4. The fraction of sp³-hybridized carbons (Fsp3) is 0.444. The highest BCUT2D eigenvalue weighted by molar-refractivity contribution is 6.33. The summed E-state index contributed by atoms with van der Waals surface area (Å²) in [6.07, 6.45) is 6.81. The van der Waals surface area contributed by atoms with Gasteiger partial charge in [0.05, 0.1) is 23.3 Å². The van der Waals surface area contributed by atoms with E-state index in [-0.39, 0.29) is 47.0 Å². The molecule has 38 heavy (non-hydrogen) atoms. The van der Waals surface area contributed by atoms with Gasteiger partial charge >= 0.3 is 12.6 Å². The number of aromatic nitrogens is 2. The third kappa shape index (κ3) is 4.82. The number of carboxylic acid groups (broad SMARTS) is 1. The average molecular weight is 546 g/mol. The number of hydrogen-bond donors (Lipinski definition) is 1. The number of piperidine rings is 1. The second-order valence-electron chi connectivity index (χ2n) is 10.0. The number of fused-ring (bicyclic) bond motifs is 2. The first kappa shape index (κ1) is 25.1. The zero-order valence-electron chi connectivity index (χ0n) is 20.4. The summed E-state index contributed by atoms with van der Waals surface area (Å²) in [6, 6.07) is 8.60. The number of aromatic carboxylic acids is 1. The van der Waals surface area contributed by atoms with E-state index >= 15 is 0 Å². The maximum absolute atomic E-state index is 13.0. The van der Waals surface area contributed by atoms with Gasteiger partial charge in [0, 0.05) is 41.4 Å². The molecule has 0 radical (unpaired) electrons. The molecule has 11 heteroatoms. The van der Waals surface area contributed by atoms with Crippen molar-refractivity contribution in [1.29, 1.82) is 0 Å². The fourth-order valence-corrected chi connectivity index (χ4v) is 5.99. The van der Waals surface area contributed by atoms with Gasteiger partial charge < -0.3 is 24.0 Å². The second kappa shape index (κ2) is 10.1. The van der Waals surface area contributed by atoms with Crippen LogP contribution in [0.5, 0.6) is 5.75 Å². The van der Waals surface area contributed by atoms with Crippen LogP contribution in [-0.2, 0) is 11.3 Å². The van der Waals surface area contributed by atoms with Crippen molar-refractivity contribution in [2.45, 2.75) is 75.8 Å². The number of rotatable bonds is 9. The molecule has 1 N–H and O–H groups in total. The van der Waals surface area contributed by atoms with Gasteiger partial charge in [-0.25, -0.2) is 9.78 Å². The van der Waals surface area contributed by atoms with Gasteiger partial charge in [-0.15, -0.1) is 0 Å². The average Bonchev–Trinajstić information content (AvgIpc) is 3.58. The van der Waals surface area contributed by atoms with Gasteiger partial charge in [0.2, 0.25) is 0 Å². The Morgan fingerprint density at radius 3 is 2.58 bits per heavy atom. The molecule has 200 valence electrons. The van der Waals surface area contributed by atoms with Gasteiger partial charge in [0.1, 0.15) is 23.0 Å². The summed E-state index contributed by atoms with van der Waals surface area (Å²) in [5.41, 5.74) is 1.69. The lowest BCUT2D eigenvalue weighted by Gasteiger charge is -2.39. The van der Waals surface area contributed by atoms with Gasteiger partial charge in [-0.3, -0.25) is 0 Å². The van der Waals surface area contributed by atoms with Crippen LogP contribution in [0.3, 0.4) is 0 Å². The number of anilines is 1. The predicted octanol–water partition coefficient (Wildman–Crippen LogP) is 6.28. The molecule has 1 aromatic carbocycles. The van der Waals surface area contributed by atoms with Crippen LogP contribution in [0.1, 0.15) is 66.1 Å². The van der Waals surface area contributed by atoms with Gasteiger partial charge in [-0.1, -0.05) is 28.9 Å². The van der Waals surface area contributed by atoms with Crippen LogP contribution in [-0.4, -0.2) is 46.0 Å². The Morgan fingerprint density at radius 2 is 1.92 bits per heavy atom. The Kier molecular flexibility index (Phi) is 6.69. The molecule has 4 heterocycles. The van der Waals surface area contributed by atoms with Crippen molar-refractivity contribution in [3.8, 4) is 17.0 Å². The number of carboxylic acids is 1. The van der Waals surface area contributed by atoms with Gasteiger partial charge in [-0.05, 0) is 50.7 Å². The lowest BCUT2D eigenvalue weighted by Crippen LogP contribution is -2.46. The van der Waals surface area contributed by atoms with E-state index in [1.165, 1.54) is 12.3 Å². The summed E-state index contributed by atoms with van der Waals surface area (Å²) >= 11 is 6.21. The smallest absolute Gasteiger partial charge is 0.387 e. The van der Waals surface area contributed by atoms with Crippen molar-refractivity contribution in [2.24, 2.45) is 0 Å². The molecule has 0 amide bonds. The first-order valence-electron chi connectivity index (χ1n) is 12.7. The Hall–Kier alpha value is -3.24. The van der Waals surface area contributed by atoms with Gasteiger partial charge in [0.15, 0.2) is 0 Å². The SMILES string of the molecule is O=C(O)c1cnc(N2[C@@H]3CC[C@H]2CC(OCc2c(-c4ccccc4OC(F)F)noc2C2CC2)C3)cc1Cl. The summed E-state index contributed by atoms with van der Waals surface area (Å²) < 4.78 is 42.9. The van der Waals surface area contributed by atoms with E-state index in [1.54, 1.807) is 24.3 Å². The molecule has 3 aliphatic rings. The molecule has 1 aliphatic carbocycles. The predicted molar refractivity (Wildman–Crippen MR) is 134 cm³/mol. The molecule has 0 spiro atoms. The molecule has 6 rings (SSSR count). The highest BCUT2D eigenvalue weighted by atomic mass is 35.5. The Labute approximate surface area is 222 Å². The van der Waals surface area contributed by atoms with E-state index in [0.717, 1.165) is 49.8 Å². The second-order valence-corrected chi connectivity index (χ2v) is 10.5. The van der Waals surface area contributed by atoms with Crippen LogP contribution >= 0.6 is 11.6 Å². The minimum atomic E-state index is -2.95. The van der Waals surface area contributed by atoms with Crippen molar-refractivity contribution in [1.82, 2.24) is 10.1 Å². The summed E-state index contributed by atoms with van der Waals surface area (Å²) in [6.45, 7) is -2.69. The largest absolute Gasteiger partial charge is 0.478 e. The van der Waals surface area contributed by atoms with Crippen molar-refractivity contribution in [3.63, 3.8) is 0 Å². The first-order valence-corrected chi connectivity index (χ1v) is 13.1. The number of hydrogen-bond acceptors (Lipinski definition) is 7. The van der Waals surface area contributed by atoms with Crippen molar-refractivity contribution >= 4 is 23.4 Å². The standard InChI is InChI=1S/C27H26ClF2N3O5/c28-21-11-23(31-12-19(21)26(34)35)33-15-7-8-16(33)10-17(9-15)36-13-20-24(32-38-25(20)14-5-6-14)18-3-1-2-4-22(18)37-27(29)30/h1-4,11-12,14-17,27H,5-10,13H2,(H,34,35)/t15-,16+,17?. The lowest BCUT2D eigenvalue weighted by atomic mass is 9.99. The third-order valence-corrected chi connectivity index (χ3v) is 7.92. The zero-order chi connectivity index (χ0) is 26.4. The molecule has 3 atom stereocenters. The lowest BCUT2D eigenvalue weighted by molar-refractivity contribution is -0.0494. The van der Waals surface area contributed by atoms with Crippen molar-refractivity contribution in [2.75, 3.05) is 4.90 Å².